The molecule has 1 N–H and O–H groups in total. The lowest BCUT2D eigenvalue weighted by molar-refractivity contribution is 0.378. The Morgan fingerprint density at radius 3 is 2.41 bits per heavy atom. The molecule has 0 saturated heterocycles. The summed E-state index contributed by atoms with van der Waals surface area (Å²) < 4.78 is 17.6. The maximum atomic E-state index is 12.4. The van der Waals surface area contributed by atoms with Crippen molar-refractivity contribution in [1.29, 1.82) is 0 Å². The minimum absolute atomic E-state index is 0.0447. The lowest BCUT2D eigenvalue weighted by Gasteiger charge is -2.14. The molecule has 3 aromatic carbocycles. The third kappa shape index (κ3) is 3.50. The van der Waals surface area contributed by atoms with Crippen molar-refractivity contribution in [3.05, 3.63) is 77.3 Å². The first-order valence-corrected chi connectivity index (χ1v) is 8.91. The molecule has 3 rings (SSSR count). The standard InChI is InChI=1S/C17H14ClO3P/c18-15-8-10-16(11-9-15)21-22(19,20)12-14-6-3-5-13-4-1-2-7-17(13)14/h1-11H,12H2,(H,19,20). The SMILES string of the molecule is O=P(O)(Cc1cccc2ccccc12)Oc1ccc(Cl)cc1. The molecule has 5 heteroatoms. The van der Waals surface area contributed by atoms with Crippen LogP contribution in [0.4, 0.5) is 0 Å². The van der Waals surface area contributed by atoms with Gasteiger partial charge in [-0.2, -0.15) is 0 Å². The smallest absolute Gasteiger partial charge is 0.381 e. The van der Waals surface area contributed by atoms with E-state index in [-0.39, 0.29) is 6.16 Å². The van der Waals surface area contributed by atoms with Gasteiger partial charge in [-0.3, -0.25) is 0 Å². The fourth-order valence-corrected chi connectivity index (χ4v) is 3.69. The predicted molar refractivity (Wildman–Crippen MR) is 89.6 cm³/mol. The molecule has 112 valence electrons. The Labute approximate surface area is 133 Å². The monoisotopic (exact) mass is 332 g/mol. The van der Waals surface area contributed by atoms with Crippen LogP contribution in [0.3, 0.4) is 0 Å². The van der Waals surface area contributed by atoms with Gasteiger partial charge in [-0.15, -0.1) is 0 Å². The highest BCUT2D eigenvalue weighted by Gasteiger charge is 2.22. The minimum atomic E-state index is -3.80. The van der Waals surface area contributed by atoms with E-state index in [1.54, 1.807) is 24.3 Å². The zero-order valence-electron chi connectivity index (χ0n) is 11.6. The van der Waals surface area contributed by atoms with E-state index in [1.165, 1.54) is 0 Å². The van der Waals surface area contributed by atoms with Crippen molar-refractivity contribution in [3.63, 3.8) is 0 Å². The summed E-state index contributed by atoms with van der Waals surface area (Å²) in [6.07, 6.45) is -0.0447. The molecule has 1 unspecified atom stereocenters. The van der Waals surface area contributed by atoms with Crippen LogP contribution in [0.2, 0.25) is 5.02 Å². The molecule has 0 aliphatic heterocycles. The summed E-state index contributed by atoms with van der Waals surface area (Å²) in [5, 5.41) is 2.54. The quantitative estimate of drug-likeness (QED) is 0.663. The summed E-state index contributed by atoms with van der Waals surface area (Å²) in [7, 11) is -3.80. The normalized spacial score (nSPS) is 13.7. The van der Waals surface area contributed by atoms with Crippen molar-refractivity contribution in [2.75, 3.05) is 0 Å². The summed E-state index contributed by atoms with van der Waals surface area (Å²) in [6.45, 7) is 0. The average Bonchev–Trinajstić information content (AvgIpc) is 2.49. The van der Waals surface area contributed by atoms with E-state index in [0.29, 0.717) is 10.8 Å². The van der Waals surface area contributed by atoms with Crippen molar-refractivity contribution in [3.8, 4) is 5.75 Å². The number of fused-ring (bicyclic) bond motifs is 1. The van der Waals surface area contributed by atoms with Crippen LogP contribution < -0.4 is 4.52 Å². The van der Waals surface area contributed by atoms with E-state index in [2.05, 4.69) is 0 Å². The van der Waals surface area contributed by atoms with E-state index < -0.39 is 7.60 Å². The highest BCUT2D eigenvalue weighted by molar-refractivity contribution is 7.52. The Hall–Kier alpha value is -1.80. The summed E-state index contributed by atoms with van der Waals surface area (Å²) in [5.41, 5.74) is 0.790. The van der Waals surface area contributed by atoms with Gasteiger partial charge in [0.25, 0.3) is 0 Å². The number of hydrogen-bond acceptors (Lipinski definition) is 2. The second-order valence-corrected chi connectivity index (χ2v) is 7.19. The maximum Gasteiger partial charge on any atom is 0.381 e. The molecule has 0 saturated carbocycles. The number of hydrogen-bond donors (Lipinski definition) is 1. The molecular weight excluding hydrogens is 319 g/mol. The third-order valence-corrected chi connectivity index (χ3v) is 4.80. The lowest BCUT2D eigenvalue weighted by atomic mass is 10.1. The molecule has 3 nitrogen and oxygen atoms in total. The van der Waals surface area contributed by atoms with Crippen LogP contribution in [0.25, 0.3) is 10.8 Å². The van der Waals surface area contributed by atoms with Crippen molar-refractivity contribution in [1.82, 2.24) is 0 Å². The number of benzene rings is 3. The van der Waals surface area contributed by atoms with Crippen LogP contribution in [0.5, 0.6) is 5.75 Å². The van der Waals surface area contributed by atoms with Crippen LogP contribution in [0, 0.1) is 0 Å². The van der Waals surface area contributed by atoms with Gasteiger partial charge in [0.1, 0.15) is 5.75 Å². The molecule has 0 spiro atoms. The number of rotatable bonds is 4. The minimum Gasteiger partial charge on any atom is -0.424 e. The zero-order valence-corrected chi connectivity index (χ0v) is 13.3. The Bertz CT molecular complexity index is 841. The third-order valence-electron chi connectivity index (χ3n) is 3.31. The van der Waals surface area contributed by atoms with E-state index >= 15 is 0 Å². The first kappa shape index (κ1) is 15.1. The molecule has 22 heavy (non-hydrogen) atoms. The Morgan fingerprint density at radius 2 is 1.64 bits per heavy atom. The molecule has 0 fully saturated rings. The van der Waals surface area contributed by atoms with Gasteiger partial charge in [-0.1, -0.05) is 54.1 Å². The average molecular weight is 333 g/mol. The molecule has 3 aromatic rings. The van der Waals surface area contributed by atoms with Crippen LogP contribution in [-0.4, -0.2) is 4.89 Å². The van der Waals surface area contributed by atoms with Crippen LogP contribution in [-0.2, 0) is 10.7 Å². The van der Waals surface area contributed by atoms with Gasteiger partial charge in [-0.05, 0) is 40.6 Å². The van der Waals surface area contributed by atoms with Crippen LogP contribution in [0.15, 0.2) is 66.7 Å². The van der Waals surface area contributed by atoms with Crippen molar-refractivity contribution < 1.29 is 14.0 Å². The van der Waals surface area contributed by atoms with Gasteiger partial charge in [0.15, 0.2) is 0 Å². The molecule has 0 radical (unpaired) electrons. The summed E-state index contributed by atoms with van der Waals surface area (Å²) in [6, 6.07) is 19.8. The Morgan fingerprint density at radius 1 is 0.955 bits per heavy atom. The predicted octanol–water partition coefficient (Wildman–Crippen LogP) is 5.26. The molecule has 0 aliphatic rings. The highest BCUT2D eigenvalue weighted by atomic mass is 35.5. The molecule has 0 bridgehead atoms. The molecular formula is C17H14ClO3P. The van der Waals surface area contributed by atoms with E-state index in [1.807, 2.05) is 42.5 Å². The molecule has 0 aliphatic carbocycles. The Kier molecular flexibility index (Phi) is 4.21. The highest BCUT2D eigenvalue weighted by Crippen LogP contribution is 2.47. The summed E-state index contributed by atoms with van der Waals surface area (Å²) in [4.78, 5) is 10.2. The fraction of sp³-hybridized carbons (Fsp3) is 0.0588. The first-order chi connectivity index (χ1) is 10.5. The van der Waals surface area contributed by atoms with E-state index in [4.69, 9.17) is 16.1 Å². The van der Waals surface area contributed by atoms with Gasteiger partial charge in [0.2, 0.25) is 0 Å². The number of halogens is 1. The maximum absolute atomic E-state index is 12.4. The largest absolute Gasteiger partial charge is 0.424 e. The molecule has 1 atom stereocenters. The fourth-order valence-electron chi connectivity index (χ4n) is 2.34. The summed E-state index contributed by atoms with van der Waals surface area (Å²) >= 11 is 5.79. The topological polar surface area (TPSA) is 46.5 Å². The molecule has 0 amide bonds. The van der Waals surface area contributed by atoms with Crippen LogP contribution >= 0.6 is 19.2 Å². The van der Waals surface area contributed by atoms with Gasteiger partial charge < -0.3 is 9.42 Å². The van der Waals surface area contributed by atoms with Gasteiger partial charge in [0, 0.05) is 5.02 Å². The Balaban J connectivity index is 1.86. The second-order valence-electron chi connectivity index (χ2n) is 4.98. The lowest BCUT2D eigenvalue weighted by Crippen LogP contribution is -1.97. The van der Waals surface area contributed by atoms with E-state index in [0.717, 1.165) is 16.3 Å². The van der Waals surface area contributed by atoms with Crippen molar-refractivity contribution >= 4 is 30.0 Å². The first-order valence-electron chi connectivity index (χ1n) is 6.77. The van der Waals surface area contributed by atoms with Crippen molar-refractivity contribution in [2.24, 2.45) is 0 Å². The van der Waals surface area contributed by atoms with Gasteiger partial charge in [-0.25, -0.2) is 4.57 Å². The zero-order chi connectivity index (χ0) is 15.6. The second kappa shape index (κ2) is 6.13. The summed E-state index contributed by atoms with van der Waals surface area (Å²) in [5.74, 6) is 0.329. The molecule has 0 aromatic heterocycles. The van der Waals surface area contributed by atoms with Gasteiger partial charge in [0.05, 0.1) is 6.16 Å². The van der Waals surface area contributed by atoms with Crippen LogP contribution in [0.1, 0.15) is 5.56 Å². The molecule has 0 heterocycles. The van der Waals surface area contributed by atoms with E-state index in [9.17, 15) is 9.46 Å². The van der Waals surface area contributed by atoms with Gasteiger partial charge >= 0.3 is 7.60 Å². The van der Waals surface area contributed by atoms with Crippen molar-refractivity contribution in [2.45, 2.75) is 6.16 Å².